The Morgan fingerprint density at radius 2 is 1.72 bits per heavy atom. The van der Waals surface area contributed by atoms with Gasteiger partial charge in [-0.25, -0.2) is 4.79 Å². The van der Waals surface area contributed by atoms with Gasteiger partial charge in [0.1, 0.15) is 6.54 Å². The largest absolute Gasteiger partial charge is 0.439 e. The van der Waals surface area contributed by atoms with Crippen LogP contribution in [0.4, 0.5) is 4.79 Å². The monoisotopic (exact) mass is 492 g/mol. The molecule has 0 aliphatic carbocycles. The van der Waals surface area contributed by atoms with Crippen molar-refractivity contribution in [2.24, 2.45) is 5.92 Å². The summed E-state index contributed by atoms with van der Waals surface area (Å²) >= 11 is 18.5. The summed E-state index contributed by atoms with van der Waals surface area (Å²) in [6.45, 7) is 1.57. The summed E-state index contributed by atoms with van der Waals surface area (Å²) < 4.78 is 5.88. The summed E-state index contributed by atoms with van der Waals surface area (Å²) in [5.74, 6) is 0.476. The Labute approximate surface area is 202 Å². The third-order valence-electron chi connectivity index (χ3n) is 5.67. The zero-order valence-electron chi connectivity index (χ0n) is 17.3. The van der Waals surface area contributed by atoms with Crippen LogP contribution in [0.3, 0.4) is 0 Å². The van der Waals surface area contributed by atoms with Gasteiger partial charge in [0.2, 0.25) is 0 Å². The minimum Gasteiger partial charge on any atom is -0.439 e. The first-order valence-corrected chi connectivity index (χ1v) is 11.6. The SMILES string of the molecule is O=C(OC(Cn1nccn1)c1ccccc1Cl)N1CCC(Cc2ccc(Cl)c(Cl)c2)CC1. The van der Waals surface area contributed by atoms with Gasteiger partial charge in [0.05, 0.1) is 22.4 Å². The summed E-state index contributed by atoms with van der Waals surface area (Å²) in [5, 5.41) is 9.94. The number of ether oxygens (including phenoxy) is 1. The quantitative estimate of drug-likeness (QED) is 0.418. The molecule has 2 heterocycles. The predicted octanol–water partition coefficient (Wildman–Crippen LogP) is 6.07. The van der Waals surface area contributed by atoms with Crippen molar-refractivity contribution in [3.8, 4) is 0 Å². The average molecular weight is 494 g/mol. The lowest BCUT2D eigenvalue weighted by Crippen LogP contribution is -2.40. The Bertz CT molecular complexity index is 1050. The van der Waals surface area contributed by atoms with Gasteiger partial charge in [-0.2, -0.15) is 15.0 Å². The first-order chi connectivity index (χ1) is 15.5. The molecule has 0 spiro atoms. The zero-order valence-corrected chi connectivity index (χ0v) is 19.6. The van der Waals surface area contributed by atoms with Crippen molar-refractivity contribution in [3.63, 3.8) is 0 Å². The lowest BCUT2D eigenvalue weighted by molar-refractivity contribution is 0.0422. The van der Waals surface area contributed by atoms with E-state index in [1.54, 1.807) is 23.4 Å². The molecule has 3 aromatic rings. The van der Waals surface area contributed by atoms with Crippen molar-refractivity contribution in [2.45, 2.75) is 31.9 Å². The maximum absolute atomic E-state index is 12.9. The van der Waals surface area contributed by atoms with Crippen LogP contribution in [-0.2, 0) is 17.7 Å². The fourth-order valence-corrected chi connectivity index (χ4v) is 4.52. The van der Waals surface area contributed by atoms with Crippen LogP contribution in [0.25, 0.3) is 0 Å². The number of benzene rings is 2. The molecule has 4 rings (SSSR count). The van der Waals surface area contributed by atoms with E-state index in [0.29, 0.717) is 34.1 Å². The van der Waals surface area contributed by atoms with E-state index in [4.69, 9.17) is 39.5 Å². The highest BCUT2D eigenvalue weighted by atomic mass is 35.5. The van der Waals surface area contributed by atoms with Crippen LogP contribution < -0.4 is 0 Å². The zero-order chi connectivity index (χ0) is 22.5. The van der Waals surface area contributed by atoms with Crippen LogP contribution in [-0.4, -0.2) is 39.1 Å². The molecule has 1 fully saturated rings. The van der Waals surface area contributed by atoms with Crippen LogP contribution in [0.5, 0.6) is 0 Å². The van der Waals surface area contributed by atoms with E-state index in [-0.39, 0.29) is 12.6 Å². The van der Waals surface area contributed by atoms with Crippen molar-refractivity contribution in [3.05, 3.63) is 81.1 Å². The van der Waals surface area contributed by atoms with Gasteiger partial charge in [0.25, 0.3) is 0 Å². The molecule has 0 radical (unpaired) electrons. The number of piperidine rings is 1. The van der Waals surface area contributed by atoms with E-state index >= 15 is 0 Å². The Morgan fingerprint density at radius 1 is 1.00 bits per heavy atom. The molecule has 1 unspecified atom stereocenters. The number of hydrogen-bond acceptors (Lipinski definition) is 4. The highest BCUT2D eigenvalue weighted by Gasteiger charge is 2.28. The third-order valence-corrected chi connectivity index (χ3v) is 6.76. The summed E-state index contributed by atoms with van der Waals surface area (Å²) in [5.41, 5.74) is 1.89. The third kappa shape index (κ3) is 5.74. The lowest BCUT2D eigenvalue weighted by atomic mass is 9.90. The molecule has 1 amide bonds. The minimum atomic E-state index is -0.586. The molecule has 168 valence electrons. The van der Waals surface area contributed by atoms with Gasteiger partial charge in [0.15, 0.2) is 6.10 Å². The Balaban J connectivity index is 1.36. The highest BCUT2D eigenvalue weighted by Crippen LogP contribution is 2.30. The van der Waals surface area contributed by atoms with E-state index in [0.717, 1.165) is 30.4 Å². The highest BCUT2D eigenvalue weighted by molar-refractivity contribution is 6.42. The summed E-state index contributed by atoms with van der Waals surface area (Å²) in [4.78, 5) is 16.2. The Morgan fingerprint density at radius 3 is 2.41 bits per heavy atom. The van der Waals surface area contributed by atoms with Crippen LogP contribution in [0.2, 0.25) is 15.1 Å². The van der Waals surface area contributed by atoms with Gasteiger partial charge < -0.3 is 9.64 Å². The fraction of sp³-hybridized carbons (Fsp3) is 0.348. The van der Waals surface area contributed by atoms with E-state index in [1.807, 2.05) is 36.4 Å². The number of halogens is 3. The Hall–Kier alpha value is -2.28. The number of carbonyl (C=O) groups is 1. The molecule has 6 nitrogen and oxygen atoms in total. The smallest absolute Gasteiger partial charge is 0.410 e. The van der Waals surface area contributed by atoms with Crippen LogP contribution >= 0.6 is 34.8 Å². The van der Waals surface area contributed by atoms with Crippen LogP contribution in [0.15, 0.2) is 54.9 Å². The predicted molar refractivity (Wildman–Crippen MR) is 125 cm³/mol. The number of rotatable bonds is 6. The molecule has 1 saturated heterocycles. The molecule has 0 N–H and O–H groups in total. The van der Waals surface area contributed by atoms with E-state index < -0.39 is 6.10 Å². The van der Waals surface area contributed by atoms with Gasteiger partial charge >= 0.3 is 6.09 Å². The van der Waals surface area contributed by atoms with Gasteiger partial charge in [-0.3, -0.25) is 0 Å². The van der Waals surface area contributed by atoms with Crippen LogP contribution in [0, 0.1) is 5.92 Å². The second-order valence-electron chi connectivity index (χ2n) is 7.86. The van der Waals surface area contributed by atoms with E-state index in [2.05, 4.69) is 10.2 Å². The summed E-state index contributed by atoms with van der Waals surface area (Å²) in [7, 11) is 0. The van der Waals surface area contributed by atoms with Gasteiger partial charge in [-0.1, -0.05) is 59.1 Å². The molecule has 0 saturated carbocycles. The van der Waals surface area contributed by atoms with Crippen molar-refractivity contribution in [2.75, 3.05) is 13.1 Å². The minimum absolute atomic E-state index is 0.288. The molecule has 1 atom stereocenters. The Kier molecular flexibility index (Phi) is 7.55. The van der Waals surface area contributed by atoms with Crippen molar-refractivity contribution in [1.29, 1.82) is 0 Å². The van der Waals surface area contributed by atoms with Crippen molar-refractivity contribution < 1.29 is 9.53 Å². The van der Waals surface area contributed by atoms with Crippen LogP contribution in [0.1, 0.15) is 30.1 Å². The first-order valence-electron chi connectivity index (χ1n) is 10.5. The average Bonchev–Trinajstić information content (AvgIpc) is 3.30. The summed E-state index contributed by atoms with van der Waals surface area (Å²) in [6, 6.07) is 13.1. The maximum atomic E-state index is 12.9. The molecule has 1 aliphatic rings. The topological polar surface area (TPSA) is 60.3 Å². The number of hydrogen-bond donors (Lipinski definition) is 0. The molecule has 2 aromatic carbocycles. The molecular formula is C23H23Cl3N4O2. The van der Waals surface area contributed by atoms with Gasteiger partial charge in [-0.05, 0) is 48.9 Å². The normalized spacial score (nSPS) is 15.5. The number of carbonyl (C=O) groups excluding carboxylic acids is 1. The number of aromatic nitrogens is 3. The molecule has 0 bridgehead atoms. The summed E-state index contributed by atoms with van der Waals surface area (Å²) in [6.07, 6.45) is 4.94. The van der Waals surface area contributed by atoms with E-state index in [1.165, 1.54) is 4.80 Å². The second-order valence-corrected chi connectivity index (χ2v) is 9.08. The lowest BCUT2D eigenvalue weighted by Gasteiger charge is -2.32. The molecule has 32 heavy (non-hydrogen) atoms. The van der Waals surface area contributed by atoms with Crippen molar-refractivity contribution >= 4 is 40.9 Å². The van der Waals surface area contributed by atoms with Crippen molar-refractivity contribution in [1.82, 2.24) is 19.9 Å². The molecule has 1 aliphatic heterocycles. The fourth-order valence-electron chi connectivity index (χ4n) is 3.94. The first kappa shape index (κ1) is 22.9. The molecule has 9 heteroatoms. The van der Waals surface area contributed by atoms with Gasteiger partial charge in [0, 0.05) is 23.7 Å². The molecular weight excluding hydrogens is 471 g/mol. The van der Waals surface area contributed by atoms with Gasteiger partial charge in [-0.15, -0.1) is 0 Å². The number of nitrogens with zero attached hydrogens (tertiary/aromatic N) is 4. The standard InChI is InChI=1S/C23H23Cl3N4O2/c24-19-4-2-1-3-18(19)22(15-30-27-9-10-28-30)32-23(31)29-11-7-16(8-12-29)13-17-5-6-20(25)21(26)14-17/h1-6,9-10,14,16,22H,7-8,11-13,15H2. The molecule has 1 aromatic heterocycles. The van der Waals surface area contributed by atoms with E-state index in [9.17, 15) is 4.79 Å². The maximum Gasteiger partial charge on any atom is 0.410 e. The number of amides is 1. The number of likely N-dealkylation sites (tertiary alicyclic amines) is 1. The second kappa shape index (κ2) is 10.6.